The van der Waals surface area contributed by atoms with Gasteiger partial charge in [-0.1, -0.05) is 53.8 Å². The number of benzene rings is 2. The number of ether oxygens (including phenoxy) is 1. The summed E-state index contributed by atoms with van der Waals surface area (Å²) in [5, 5.41) is 6.31. The van der Waals surface area contributed by atoms with E-state index in [1.165, 1.54) is 0 Å². The largest absolute Gasteiger partial charge is 0.495 e. The molecule has 26 heavy (non-hydrogen) atoms. The first-order valence-corrected chi connectivity index (χ1v) is 9.26. The van der Waals surface area contributed by atoms with Crippen molar-refractivity contribution in [3.05, 3.63) is 65.0 Å². The maximum atomic E-state index is 13.2. The van der Waals surface area contributed by atoms with E-state index in [9.17, 15) is 8.68 Å². The van der Waals surface area contributed by atoms with Gasteiger partial charge in [-0.3, -0.25) is 4.79 Å². The number of hydrogen-bond acceptors (Lipinski definition) is 6. The van der Waals surface area contributed by atoms with Gasteiger partial charge in [0, 0.05) is 6.54 Å². The van der Waals surface area contributed by atoms with E-state index in [1.54, 1.807) is 13.2 Å². The Morgan fingerprint density at radius 3 is 2.65 bits per heavy atom. The molecule has 0 aliphatic rings. The highest BCUT2D eigenvalue weighted by Crippen LogP contribution is 2.34. The van der Waals surface area contributed by atoms with E-state index in [1.807, 2.05) is 48.5 Å². The molecule has 1 heterocycles. The van der Waals surface area contributed by atoms with Gasteiger partial charge in [-0.2, -0.15) is 3.89 Å². The van der Waals surface area contributed by atoms with Crippen molar-refractivity contribution in [1.29, 1.82) is 0 Å². The van der Waals surface area contributed by atoms with E-state index in [-0.39, 0.29) is 28.0 Å². The lowest BCUT2D eigenvalue weighted by Gasteiger charge is -2.07. The van der Waals surface area contributed by atoms with E-state index >= 15 is 0 Å². The molecule has 1 aromatic heterocycles. The second-order valence-corrected chi connectivity index (χ2v) is 6.76. The standard InChI is InChI=1S/C18H16FN3O2S2/c1-24-14-10-6-5-9-13(14)21-18-22-17(26-19)15(25-18)16(23)20-11-12-7-3-2-4-8-12/h2-10H,11H2,1H3,(H,20,23)(H,21,22). The van der Waals surface area contributed by atoms with Crippen molar-refractivity contribution < 1.29 is 13.4 Å². The molecule has 0 aliphatic heterocycles. The SMILES string of the molecule is COc1ccccc1Nc1nc(SF)c(C(=O)NCc2ccccc2)s1. The normalized spacial score (nSPS) is 10.4. The van der Waals surface area contributed by atoms with Crippen LogP contribution in [0.5, 0.6) is 5.75 Å². The lowest BCUT2D eigenvalue weighted by atomic mass is 10.2. The Labute approximate surface area is 158 Å². The molecule has 0 saturated heterocycles. The molecule has 134 valence electrons. The van der Waals surface area contributed by atoms with Crippen molar-refractivity contribution in [3.63, 3.8) is 0 Å². The van der Waals surface area contributed by atoms with Crippen molar-refractivity contribution in [2.45, 2.75) is 11.6 Å². The van der Waals surface area contributed by atoms with Crippen molar-refractivity contribution in [1.82, 2.24) is 10.3 Å². The van der Waals surface area contributed by atoms with Gasteiger partial charge >= 0.3 is 0 Å². The number of hydrogen-bond donors (Lipinski definition) is 2. The molecular formula is C18H16FN3O2S2. The average Bonchev–Trinajstić information content (AvgIpc) is 3.10. The molecule has 0 aliphatic carbocycles. The Morgan fingerprint density at radius 2 is 1.92 bits per heavy atom. The maximum absolute atomic E-state index is 13.2. The molecule has 0 radical (unpaired) electrons. The predicted molar refractivity (Wildman–Crippen MR) is 103 cm³/mol. The molecule has 2 aromatic carbocycles. The van der Waals surface area contributed by atoms with Gasteiger partial charge in [0.1, 0.15) is 22.8 Å². The van der Waals surface area contributed by atoms with Crippen molar-refractivity contribution in [2.75, 3.05) is 12.4 Å². The predicted octanol–water partition coefficient (Wildman–Crippen LogP) is 4.80. The third kappa shape index (κ3) is 4.33. The molecule has 0 saturated carbocycles. The highest BCUT2D eigenvalue weighted by Gasteiger charge is 2.19. The summed E-state index contributed by atoms with van der Waals surface area (Å²) in [6.07, 6.45) is 0. The van der Waals surface area contributed by atoms with Crippen LogP contribution in [-0.4, -0.2) is 18.0 Å². The monoisotopic (exact) mass is 389 g/mol. The summed E-state index contributed by atoms with van der Waals surface area (Å²) in [6, 6.07) is 16.8. The fourth-order valence-electron chi connectivity index (χ4n) is 2.28. The summed E-state index contributed by atoms with van der Waals surface area (Å²) in [7, 11) is 1.56. The Morgan fingerprint density at radius 1 is 1.19 bits per heavy atom. The maximum Gasteiger partial charge on any atom is 0.264 e. The van der Waals surface area contributed by atoms with Gasteiger partial charge in [0.25, 0.3) is 5.91 Å². The molecule has 1 amide bonds. The van der Waals surface area contributed by atoms with Crippen molar-refractivity contribution in [2.24, 2.45) is 0 Å². The zero-order valence-corrected chi connectivity index (χ0v) is 15.5. The Balaban J connectivity index is 1.74. The molecule has 2 N–H and O–H groups in total. The topological polar surface area (TPSA) is 63.2 Å². The number of para-hydroxylation sites is 2. The first-order valence-electron chi connectivity index (χ1n) is 7.73. The molecular weight excluding hydrogens is 373 g/mol. The van der Waals surface area contributed by atoms with Gasteiger partial charge in [0.2, 0.25) is 0 Å². The number of amides is 1. The molecule has 0 spiro atoms. The van der Waals surface area contributed by atoms with Crippen LogP contribution in [-0.2, 0) is 6.54 Å². The fraction of sp³-hybridized carbons (Fsp3) is 0.111. The minimum atomic E-state index is -0.362. The van der Waals surface area contributed by atoms with Gasteiger partial charge in [-0.15, -0.1) is 0 Å². The number of thiazole rings is 1. The number of nitrogens with one attached hydrogen (secondary N) is 2. The number of anilines is 2. The molecule has 8 heteroatoms. The molecule has 3 rings (SSSR count). The summed E-state index contributed by atoms with van der Waals surface area (Å²) in [5.41, 5.74) is 1.66. The van der Waals surface area contributed by atoms with Crippen LogP contribution in [0.3, 0.4) is 0 Å². The van der Waals surface area contributed by atoms with Crippen LogP contribution < -0.4 is 15.4 Å². The summed E-state index contributed by atoms with van der Waals surface area (Å²) in [5.74, 6) is 0.270. The summed E-state index contributed by atoms with van der Waals surface area (Å²) in [6.45, 7) is 0.364. The molecule has 5 nitrogen and oxygen atoms in total. The Bertz CT molecular complexity index is 887. The molecule has 0 fully saturated rings. The Hall–Kier alpha value is -2.58. The number of rotatable bonds is 7. The van der Waals surface area contributed by atoms with Gasteiger partial charge in [0.15, 0.2) is 10.2 Å². The quantitative estimate of drug-likeness (QED) is 0.608. The number of nitrogens with zero attached hydrogens (tertiary/aromatic N) is 1. The Kier molecular flexibility index (Phi) is 6.08. The summed E-state index contributed by atoms with van der Waals surface area (Å²) in [4.78, 5) is 16.8. The summed E-state index contributed by atoms with van der Waals surface area (Å²) >= 11 is 1.04. The third-order valence-electron chi connectivity index (χ3n) is 3.52. The van der Waals surface area contributed by atoms with E-state index in [4.69, 9.17) is 4.74 Å². The van der Waals surface area contributed by atoms with Crippen LogP contribution in [0.4, 0.5) is 14.7 Å². The fourth-order valence-corrected chi connectivity index (χ4v) is 3.63. The number of carbonyl (C=O) groups excluding carboxylic acids is 1. The first kappa shape index (κ1) is 18.2. The van der Waals surface area contributed by atoms with E-state index in [2.05, 4.69) is 15.6 Å². The van der Waals surface area contributed by atoms with Crippen molar-refractivity contribution >= 4 is 40.2 Å². The van der Waals surface area contributed by atoms with Crippen LogP contribution in [0.15, 0.2) is 59.6 Å². The first-order chi connectivity index (χ1) is 12.7. The van der Waals surface area contributed by atoms with Crippen LogP contribution >= 0.6 is 23.5 Å². The van der Waals surface area contributed by atoms with Gasteiger partial charge < -0.3 is 15.4 Å². The lowest BCUT2D eigenvalue weighted by Crippen LogP contribution is -2.22. The minimum Gasteiger partial charge on any atom is -0.495 e. The smallest absolute Gasteiger partial charge is 0.264 e. The van der Waals surface area contributed by atoms with E-state index in [0.717, 1.165) is 16.9 Å². The molecule has 0 unspecified atom stereocenters. The third-order valence-corrected chi connectivity index (χ3v) is 5.06. The second-order valence-electron chi connectivity index (χ2n) is 5.22. The van der Waals surface area contributed by atoms with Crippen LogP contribution in [0.2, 0.25) is 0 Å². The van der Waals surface area contributed by atoms with E-state index < -0.39 is 0 Å². The van der Waals surface area contributed by atoms with Gasteiger partial charge in [-0.05, 0) is 17.7 Å². The molecule has 0 bridgehead atoms. The highest BCUT2D eigenvalue weighted by molar-refractivity contribution is 7.94. The number of methoxy groups -OCH3 is 1. The number of aromatic nitrogens is 1. The van der Waals surface area contributed by atoms with Crippen LogP contribution in [0, 0.1) is 0 Å². The zero-order chi connectivity index (χ0) is 18.4. The molecule has 0 atom stereocenters. The van der Waals surface area contributed by atoms with Gasteiger partial charge in [0.05, 0.1) is 12.8 Å². The molecule has 3 aromatic rings. The van der Waals surface area contributed by atoms with Crippen LogP contribution in [0.1, 0.15) is 15.2 Å². The summed E-state index contributed by atoms with van der Waals surface area (Å²) < 4.78 is 18.5. The van der Waals surface area contributed by atoms with Crippen molar-refractivity contribution in [3.8, 4) is 5.75 Å². The lowest BCUT2D eigenvalue weighted by molar-refractivity contribution is 0.0952. The van der Waals surface area contributed by atoms with Gasteiger partial charge in [-0.25, -0.2) is 4.98 Å². The van der Waals surface area contributed by atoms with E-state index in [0.29, 0.717) is 23.1 Å². The zero-order valence-electron chi connectivity index (χ0n) is 13.9. The second kappa shape index (κ2) is 8.68. The highest BCUT2D eigenvalue weighted by atomic mass is 32.2. The number of carbonyl (C=O) groups is 1. The average molecular weight is 389 g/mol. The number of halogens is 1. The minimum absolute atomic E-state index is 0.0398. The van der Waals surface area contributed by atoms with Crippen LogP contribution in [0.25, 0.3) is 0 Å².